The van der Waals surface area contributed by atoms with Crippen molar-refractivity contribution in [2.45, 2.75) is 31.3 Å². The van der Waals surface area contributed by atoms with Crippen LogP contribution in [-0.4, -0.2) is 52.6 Å². The summed E-state index contributed by atoms with van der Waals surface area (Å²) in [7, 11) is 0.365. The Morgan fingerprint density at radius 1 is 0.895 bits per heavy atom. The molecule has 0 saturated heterocycles. The molecule has 38 heavy (non-hydrogen) atoms. The van der Waals surface area contributed by atoms with E-state index in [0.717, 1.165) is 16.7 Å². The van der Waals surface area contributed by atoms with E-state index in [1.165, 1.54) is 39.5 Å². The number of sulfonamides is 1. The summed E-state index contributed by atoms with van der Waals surface area (Å²) >= 11 is 0. The van der Waals surface area contributed by atoms with E-state index in [-0.39, 0.29) is 16.7 Å². The van der Waals surface area contributed by atoms with Gasteiger partial charge in [0, 0.05) is 23.9 Å². The lowest BCUT2D eigenvalue weighted by molar-refractivity contribution is -0.147. The van der Waals surface area contributed by atoms with Gasteiger partial charge in [-0.3, -0.25) is 9.52 Å². The fraction of sp³-hybridized carbons (Fsp3) is 0.286. The first-order chi connectivity index (χ1) is 18.1. The molecule has 0 fully saturated rings. The molecule has 10 heteroatoms. The van der Waals surface area contributed by atoms with Gasteiger partial charge < -0.3 is 19.1 Å². The van der Waals surface area contributed by atoms with Gasteiger partial charge in [0.15, 0.2) is 11.5 Å². The summed E-state index contributed by atoms with van der Waals surface area (Å²) in [5.41, 5.74) is 3.36. The third kappa shape index (κ3) is 5.17. The average Bonchev–Trinajstić information content (AvgIpc) is 3.23. The van der Waals surface area contributed by atoms with Crippen molar-refractivity contribution >= 4 is 27.6 Å². The van der Waals surface area contributed by atoms with Crippen molar-refractivity contribution in [1.29, 1.82) is 0 Å². The minimum atomic E-state index is -3.87. The third-order valence-corrected chi connectivity index (χ3v) is 7.87. The van der Waals surface area contributed by atoms with Gasteiger partial charge in [-0.25, -0.2) is 13.2 Å². The fourth-order valence-electron chi connectivity index (χ4n) is 4.54. The van der Waals surface area contributed by atoms with Crippen LogP contribution in [0.3, 0.4) is 0 Å². The number of anilines is 1. The molecule has 0 bridgehead atoms. The molecule has 1 N–H and O–H groups in total. The number of benzene rings is 3. The predicted octanol–water partition coefficient (Wildman–Crippen LogP) is 4.33. The summed E-state index contributed by atoms with van der Waals surface area (Å²) in [6.07, 6.45) is 0. The van der Waals surface area contributed by atoms with E-state index in [0.29, 0.717) is 29.3 Å². The van der Waals surface area contributed by atoms with Crippen LogP contribution in [0.4, 0.5) is 5.69 Å². The highest BCUT2D eigenvalue weighted by molar-refractivity contribution is 7.92. The first kappa shape index (κ1) is 27.0. The maximum atomic E-state index is 13.2. The second kappa shape index (κ2) is 10.7. The summed E-state index contributed by atoms with van der Waals surface area (Å²) in [5, 5.41) is 0. The molecule has 1 heterocycles. The molecule has 0 saturated carbocycles. The number of carbonyl (C=O) groups is 2. The molecule has 0 radical (unpaired) electrons. The van der Waals surface area contributed by atoms with Crippen LogP contribution in [0.1, 0.15) is 29.8 Å². The van der Waals surface area contributed by atoms with Crippen LogP contribution >= 0.6 is 0 Å². The van der Waals surface area contributed by atoms with Crippen molar-refractivity contribution in [3.8, 4) is 22.6 Å². The Morgan fingerprint density at radius 2 is 1.55 bits per heavy atom. The molecule has 1 aliphatic rings. The highest BCUT2D eigenvalue weighted by Gasteiger charge is 2.38. The van der Waals surface area contributed by atoms with Crippen LogP contribution in [0, 0.1) is 5.92 Å². The molecule has 0 aromatic heterocycles. The van der Waals surface area contributed by atoms with Gasteiger partial charge in [-0.15, -0.1) is 0 Å². The standard InChI is InChI=1S/C28H30N2O7S/c1-17(2)26(28(32)37-5)30-16-20-7-6-19(14-23(20)27(30)31)18-8-10-21(11-9-18)29-38(33,34)22-12-13-24(35-3)25(15-22)36-4/h6-15,17,26,29H,16H2,1-5H3. The van der Waals surface area contributed by atoms with Crippen LogP contribution in [-0.2, 0) is 26.1 Å². The molecule has 1 unspecified atom stereocenters. The summed E-state index contributed by atoms with van der Waals surface area (Å²) in [4.78, 5) is 27.1. The highest BCUT2D eigenvalue weighted by Crippen LogP contribution is 2.33. The minimum absolute atomic E-state index is 0.0348. The Bertz CT molecular complexity index is 1470. The van der Waals surface area contributed by atoms with Crippen molar-refractivity contribution in [1.82, 2.24) is 4.90 Å². The molecule has 4 rings (SSSR count). The lowest BCUT2D eigenvalue weighted by Crippen LogP contribution is -2.45. The number of carbonyl (C=O) groups excluding carboxylic acids is 2. The smallest absolute Gasteiger partial charge is 0.328 e. The number of fused-ring (bicyclic) bond motifs is 1. The van der Waals surface area contributed by atoms with E-state index >= 15 is 0 Å². The van der Waals surface area contributed by atoms with Crippen molar-refractivity contribution in [2.24, 2.45) is 5.92 Å². The zero-order valence-corrected chi connectivity index (χ0v) is 22.7. The Hall–Kier alpha value is -4.05. The second-order valence-electron chi connectivity index (χ2n) is 9.22. The first-order valence-electron chi connectivity index (χ1n) is 12.0. The quantitative estimate of drug-likeness (QED) is 0.404. The monoisotopic (exact) mass is 538 g/mol. The molecule has 200 valence electrons. The Labute approximate surface area is 222 Å². The topological polar surface area (TPSA) is 111 Å². The van der Waals surface area contributed by atoms with E-state index in [2.05, 4.69) is 4.72 Å². The van der Waals surface area contributed by atoms with Gasteiger partial charge in [0.25, 0.3) is 15.9 Å². The number of amides is 1. The molecule has 3 aromatic rings. The van der Waals surface area contributed by atoms with Crippen molar-refractivity contribution in [2.75, 3.05) is 26.1 Å². The van der Waals surface area contributed by atoms with Crippen molar-refractivity contribution in [3.05, 3.63) is 71.8 Å². The van der Waals surface area contributed by atoms with Gasteiger partial charge in [-0.2, -0.15) is 0 Å². The lowest BCUT2D eigenvalue weighted by Gasteiger charge is -2.28. The number of rotatable bonds is 9. The average molecular weight is 539 g/mol. The molecule has 1 amide bonds. The summed E-state index contributed by atoms with van der Waals surface area (Å²) in [6.45, 7) is 4.09. The highest BCUT2D eigenvalue weighted by atomic mass is 32.2. The van der Waals surface area contributed by atoms with Gasteiger partial charge in [0.05, 0.1) is 26.2 Å². The number of nitrogens with one attached hydrogen (secondary N) is 1. The normalized spacial score (nSPS) is 13.7. The number of hydrogen-bond acceptors (Lipinski definition) is 7. The molecule has 0 aliphatic carbocycles. The molecular weight excluding hydrogens is 508 g/mol. The maximum Gasteiger partial charge on any atom is 0.328 e. The first-order valence-corrected chi connectivity index (χ1v) is 13.4. The lowest BCUT2D eigenvalue weighted by atomic mass is 10.0. The predicted molar refractivity (Wildman–Crippen MR) is 143 cm³/mol. The molecule has 1 atom stereocenters. The molecule has 3 aromatic carbocycles. The SMILES string of the molecule is COC(=O)C(C(C)C)N1Cc2ccc(-c3ccc(NS(=O)(=O)c4ccc(OC)c(OC)c4)cc3)cc2C1=O. The largest absolute Gasteiger partial charge is 0.493 e. The van der Waals surface area contributed by atoms with E-state index in [9.17, 15) is 18.0 Å². The van der Waals surface area contributed by atoms with Crippen molar-refractivity contribution in [3.63, 3.8) is 0 Å². The van der Waals surface area contributed by atoms with Crippen LogP contribution in [0.2, 0.25) is 0 Å². The Kier molecular flexibility index (Phi) is 7.63. The van der Waals surface area contributed by atoms with Crippen LogP contribution < -0.4 is 14.2 Å². The van der Waals surface area contributed by atoms with Crippen molar-refractivity contribution < 1.29 is 32.2 Å². The number of hydrogen-bond donors (Lipinski definition) is 1. The summed E-state index contributed by atoms with van der Waals surface area (Å²) in [6, 6.07) is 16.1. The zero-order chi connectivity index (χ0) is 27.6. The summed E-state index contributed by atoms with van der Waals surface area (Å²) < 4.78 is 43.7. The fourth-order valence-corrected chi connectivity index (χ4v) is 5.61. The number of esters is 1. The summed E-state index contributed by atoms with van der Waals surface area (Å²) in [5.74, 6) is -0.0215. The number of methoxy groups -OCH3 is 3. The Morgan fingerprint density at radius 3 is 2.16 bits per heavy atom. The molecular formula is C28H30N2O7S. The van der Waals surface area contributed by atoms with Gasteiger partial charge in [-0.05, 0) is 52.9 Å². The van der Waals surface area contributed by atoms with Gasteiger partial charge >= 0.3 is 5.97 Å². The molecule has 0 spiro atoms. The molecule has 9 nitrogen and oxygen atoms in total. The Balaban J connectivity index is 1.54. The van der Waals surface area contributed by atoms with Crippen LogP contribution in [0.15, 0.2) is 65.6 Å². The van der Waals surface area contributed by atoms with Crippen LogP contribution in [0.5, 0.6) is 11.5 Å². The third-order valence-electron chi connectivity index (χ3n) is 6.49. The van der Waals surface area contributed by atoms with Crippen LogP contribution in [0.25, 0.3) is 11.1 Å². The van der Waals surface area contributed by atoms with E-state index in [4.69, 9.17) is 14.2 Å². The maximum absolute atomic E-state index is 13.2. The van der Waals surface area contributed by atoms with E-state index < -0.39 is 22.0 Å². The number of ether oxygens (including phenoxy) is 3. The second-order valence-corrected chi connectivity index (χ2v) is 10.9. The zero-order valence-electron chi connectivity index (χ0n) is 21.8. The van der Waals surface area contributed by atoms with E-state index in [1.807, 2.05) is 26.0 Å². The minimum Gasteiger partial charge on any atom is -0.493 e. The molecule has 1 aliphatic heterocycles. The van der Waals surface area contributed by atoms with E-state index in [1.54, 1.807) is 35.2 Å². The van der Waals surface area contributed by atoms with Gasteiger partial charge in [-0.1, -0.05) is 38.1 Å². The van der Waals surface area contributed by atoms with Gasteiger partial charge in [0.2, 0.25) is 0 Å². The van der Waals surface area contributed by atoms with Gasteiger partial charge in [0.1, 0.15) is 6.04 Å². The number of nitrogens with zero attached hydrogens (tertiary/aromatic N) is 1.